The van der Waals surface area contributed by atoms with Crippen molar-refractivity contribution in [1.82, 2.24) is 10.3 Å². The maximum Gasteiger partial charge on any atom is 0.245 e. The lowest BCUT2D eigenvalue weighted by Crippen LogP contribution is -2.44. The number of hydrazine groups is 1. The summed E-state index contributed by atoms with van der Waals surface area (Å²) in [6, 6.07) is 16.5. The summed E-state index contributed by atoms with van der Waals surface area (Å²) in [4.78, 5) is 14.5. The van der Waals surface area contributed by atoms with Gasteiger partial charge in [-0.3, -0.25) is 10.2 Å². The highest BCUT2D eigenvalue weighted by Gasteiger charge is 2.25. The van der Waals surface area contributed by atoms with Crippen molar-refractivity contribution in [2.24, 2.45) is 5.92 Å². The van der Waals surface area contributed by atoms with Crippen molar-refractivity contribution < 1.29 is 13.2 Å². The summed E-state index contributed by atoms with van der Waals surface area (Å²) in [7, 11) is -3.81. The van der Waals surface area contributed by atoms with Gasteiger partial charge in [-0.05, 0) is 36.0 Å². The standard InChI is InChI=1S/C20H25BrN2O3S/c1-14(2)13-16-9-11-17(12-10-16)15(3)20(24)22-23-27(25,26)19(21)18-7-5-4-6-8-18/h4-12,14-15,19,23H,13H2,1-3H3,(H,22,24). The second-order valence-corrected chi connectivity index (χ2v) is 10.2. The third kappa shape index (κ3) is 6.16. The molecule has 7 heteroatoms. The highest BCUT2D eigenvalue weighted by Crippen LogP contribution is 2.27. The molecule has 0 spiro atoms. The quantitative estimate of drug-likeness (QED) is 0.468. The van der Waals surface area contributed by atoms with E-state index < -0.39 is 26.0 Å². The average Bonchev–Trinajstić information content (AvgIpc) is 2.65. The zero-order chi connectivity index (χ0) is 20.0. The molecule has 0 fully saturated rings. The van der Waals surface area contributed by atoms with Gasteiger partial charge in [0.25, 0.3) is 0 Å². The van der Waals surface area contributed by atoms with Crippen LogP contribution in [0.1, 0.15) is 47.5 Å². The van der Waals surface area contributed by atoms with Crippen LogP contribution in [0.3, 0.4) is 0 Å². The summed E-state index contributed by atoms with van der Waals surface area (Å²) in [5.41, 5.74) is 4.93. The van der Waals surface area contributed by atoms with Crippen LogP contribution in [0.5, 0.6) is 0 Å². The number of hydrogen-bond acceptors (Lipinski definition) is 3. The summed E-state index contributed by atoms with van der Waals surface area (Å²) < 4.78 is 23.8. The van der Waals surface area contributed by atoms with Gasteiger partial charge in [-0.1, -0.05) is 84.4 Å². The average molecular weight is 453 g/mol. The van der Waals surface area contributed by atoms with Gasteiger partial charge in [0, 0.05) is 0 Å². The summed E-state index contributed by atoms with van der Waals surface area (Å²) in [5, 5.41) is 0. The highest BCUT2D eigenvalue weighted by atomic mass is 79.9. The summed E-state index contributed by atoms with van der Waals surface area (Å²) in [6.07, 6.45) is 0.979. The molecule has 2 aromatic rings. The molecule has 0 radical (unpaired) electrons. The van der Waals surface area contributed by atoms with E-state index >= 15 is 0 Å². The number of benzene rings is 2. The largest absolute Gasteiger partial charge is 0.277 e. The third-order valence-electron chi connectivity index (χ3n) is 4.17. The van der Waals surface area contributed by atoms with E-state index in [1.807, 2.05) is 24.3 Å². The van der Waals surface area contributed by atoms with Crippen LogP contribution in [-0.2, 0) is 21.2 Å². The molecular weight excluding hydrogens is 428 g/mol. The molecule has 0 aliphatic heterocycles. The minimum atomic E-state index is -3.81. The van der Waals surface area contributed by atoms with E-state index in [9.17, 15) is 13.2 Å². The van der Waals surface area contributed by atoms with E-state index in [1.165, 1.54) is 5.56 Å². The maximum atomic E-state index is 12.4. The van der Waals surface area contributed by atoms with Crippen molar-refractivity contribution in [1.29, 1.82) is 0 Å². The van der Waals surface area contributed by atoms with E-state index in [1.54, 1.807) is 37.3 Å². The number of sulfonamides is 1. The first kappa shape index (κ1) is 21.6. The van der Waals surface area contributed by atoms with Crippen LogP contribution in [0.25, 0.3) is 0 Å². The number of halogens is 1. The van der Waals surface area contributed by atoms with Crippen LogP contribution < -0.4 is 10.3 Å². The first-order valence-electron chi connectivity index (χ1n) is 8.79. The van der Waals surface area contributed by atoms with Gasteiger partial charge >= 0.3 is 0 Å². The molecule has 0 saturated carbocycles. The Balaban J connectivity index is 1.98. The molecule has 2 unspecified atom stereocenters. The lowest BCUT2D eigenvalue weighted by atomic mass is 9.96. The number of carbonyl (C=O) groups is 1. The number of hydrogen-bond donors (Lipinski definition) is 2. The Labute approximate surface area is 169 Å². The zero-order valence-corrected chi connectivity index (χ0v) is 18.0. The van der Waals surface area contributed by atoms with E-state index in [-0.39, 0.29) is 0 Å². The van der Waals surface area contributed by atoms with Crippen LogP contribution in [0.2, 0.25) is 0 Å². The Bertz CT molecular complexity index is 853. The van der Waals surface area contributed by atoms with Crippen molar-refractivity contribution in [2.45, 2.75) is 37.3 Å². The molecule has 2 N–H and O–H groups in total. The summed E-state index contributed by atoms with van der Waals surface area (Å²) >= 11 is 3.17. The first-order chi connectivity index (χ1) is 12.7. The fourth-order valence-corrected chi connectivity index (χ4v) is 4.08. The summed E-state index contributed by atoms with van der Waals surface area (Å²) in [5.74, 6) is -0.331. The van der Waals surface area contributed by atoms with E-state index in [2.05, 4.69) is 40.0 Å². The van der Waals surface area contributed by atoms with E-state index in [0.717, 1.165) is 12.0 Å². The Morgan fingerprint density at radius 2 is 1.56 bits per heavy atom. The summed E-state index contributed by atoms with van der Waals surface area (Å²) in [6.45, 7) is 6.05. The van der Waals surface area contributed by atoms with Gasteiger partial charge < -0.3 is 0 Å². The van der Waals surface area contributed by atoms with Gasteiger partial charge in [0.15, 0.2) is 4.16 Å². The van der Waals surface area contributed by atoms with Crippen molar-refractivity contribution in [2.75, 3.05) is 0 Å². The second-order valence-electron chi connectivity index (χ2n) is 6.92. The molecule has 2 atom stereocenters. The van der Waals surface area contributed by atoms with Gasteiger partial charge in [0.1, 0.15) is 0 Å². The molecule has 27 heavy (non-hydrogen) atoms. The molecule has 0 aliphatic carbocycles. The first-order valence-corrected chi connectivity index (χ1v) is 11.2. The molecule has 0 heterocycles. The fourth-order valence-electron chi connectivity index (χ4n) is 2.63. The minimum absolute atomic E-state index is 0.414. The third-order valence-corrected chi connectivity index (χ3v) is 7.38. The topological polar surface area (TPSA) is 75.3 Å². The van der Waals surface area contributed by atoms with E-state index in [4.69, 9.17) is 0 Å². The molecule has 0 saturated heterocycles. The van der Waals surface area contributed by atoms with Crippen molar-refractivity contribution >= 4 is 31.9 Å². The molecule has 5 nitrogen and oxygen atoms in total. The van der Waals surface area contributed by atoms with Crippen molar-refractivity contribution in [3.63, 3.8) is 0 Å². The van der Waals surface area contributed by atoms with Gasteiger partial charge in [-0.2, -0.15) is 0 Å². The highest BCUT2D eigenvalue weighted by molar-refractivity contribution is 9.10. The fraction of sp³-hybridized carbons (Fsp3) is 0.350. The maximum absolute atomic E-state index is 12.4. The molecular formula is C20H25BrN2O3S. The van der Waals surface area contributed by atoms with Gasteiger partial charge in [0.05, 0.1) is 5.92 Å². The molecule has 1 amide bonds. The smallest absolute Gasteiger partial charge is 0.245 e. The van der Waals surface area contributed by atoms with Gasteiger partial charge in [0.2, 0.25) is 15.9 Å². The van der Waals surface area contributed by atoms with Crippen LogP contribution in [0, 0.1) is 5.92 Å². The molecule has 0 bridgehead atoms. The van der Waals surface area contributed by atoms with Crippen LogP contribution in [-0.4, -0.2) is 14.3 Å². The molecule has 2 rings (SSSR count). The number of amides is 1. The minimum Gasteiger partial charge on any atom is -0.277 e. The molecule has 0 aliphatic rings. The Morgan fingerprint density at radius 3 is 2.11 bits per heavy atom. The number of rotatable bonds is 8. The number of nitrogens with one attached hydrogen (secondary N) is 2. The van der Waals surface area contributed by atoms with Gasteiger partial charge in [-0.25, -0.2) is 8.42 Å². The van der Waals surface area contributed by atoms with Gasteiger partial charge in [-0.15, -0.1) is 4.83 Å². The molecule has 146 valence electrons. The predicted octanol–water partition coefficient (Wildman–Crippen LogP) is 4.03. The van der Waals surface area contributed by atoms with Crippen LogP contribution >= 0.6 is 15.9 Å². The number of alkyl halides is 1. The molecule has 2 aromatic carbocycles. The van der Waals surface area contributed by atoms with Crippen molar-refractivity contribution in [3.05, 3.63) is 71.3 Å². The zero-order valence-electron chi connectivity index (χ0n) is 15.6. The van der Waals surface area contributed by atoms with Crippen LogP contribution in [0.4, 0.5) is 0 Å². The molecule has 0 aromatic heterocycles. The van der Waals surface area contributed by atoms with E-state index in [0.29, 0.717) is 11.5 Å². The lowest BCUT2D eigenvalue weighted by Gasteiger charge is -2.16. The SMILES string of the molecule is CC(C)Cc1ccc(C(C)C(=O)NNS(=O)(=O)C(Br)c2ccccc2)cc1. The number of carbonyl (C=O) groups excluding carboxylic acids is 1. The monoisotopic (exact) mass is 452 g/mol. The van der Waals surface area contributed by atoms with Crippen molar-refractivity contribution in [3.8, 4) is 0 Å². The van der Waals surface area contributed by atoms with Crippen LogP contribution in [0.15, 0.2) is 54.6 Å². The Hall–Kier alpha value is -1.70. The lowest BCUT2D eigenvalue weighted by molar-refractivity contribution is -0.122. The Morgan fingerprint density at radius 1 is 0.963 bits per heavy atom. The predicted molar refractivity (Wildman–Crippen MR) is 112 cm³/mol. The second kappa shape index (κ2) is 9.48. The normalized spacial score (nSPS) is 14.0. The Kier molecular flexibility index (Phi) is 7.59.